The molecule has 4 nitrogen and oxygen atoms in total. The molecule has 1 rings (SSSR count). The van der Waals surface area contributed by atoms with Crippen LogP contribution in [0.15, 0.2) is 12.1 Å². The summed E-state index contributed by atoms with van der Waals surface area (Å²) in [4.78, 5) is 0. The maximum Gasteiger partial charge on any atom is 0.400 e. The second-order valence-electron chi connectivity index (χ2n) is 11.1. The summed E-state index contributed by atoms with van der Waals surface area (Å²) in [6.07, 6.45) is -3.92. The van der Waals surface area contributed by atoms with Crippen molar-refractivity contribution in [2.75, 3.05) is 6.61 Å². The molecule has 0 fully saturated rings. The van der Waals surface area contributed by atoms with Gasteiger partial charge in [0.25, 0.3) is 0 Å². The maximum absolute atomic E-state index is 13.8. The van der Waals surface area contributed by atoms with E-state index in [0.29, 0.717) is 0 Å². The molecule has 1 atom stereocenters. The number of rotatable bonds is 7. The van der Waals surface area contributed by atoms with E-state index in [2.05, 4.69) is 74.4 Å². The molecule has 0 spiro atoms. The van der Waals surface area contributed by atoms with Crippen LogP contribution in [-0.4, -0.2) is 31.0 Å². The molecule has 0 bridgehead atoms. The molecule has 180 valence electrons. The van der Waals surface area contributed by atoms with Gasteiger partial charge in [0, 0.05) is 6.42 Å². The Morgan fingerprint density at radius 3 is 1.65 bits per heavy atom. The highest BCUT2D eigenvalue weighted by atomic mass is 32.2. The summed E-state index contributed by atoms with van der Waals surface area (Å²) in [5.41, 5.74) is 3.69. The Balaban J connectivity index is 3.25. The minimum atomic E-state index is -5.83. The van der Waals surface area contributed by atoms with Crippen LogP contribution in [0.3, 0.4) is 0 Å². The molecule has 0 radical (unpaired) electrons. The number of alkyl halides is 3. The third-order valence-electron chi connectivity index (χ3n) is 5.20. The van der Waals surface area contributed by atoms with Gasteiger partial charge >= 0.3 is 15.4 Å². The zero-order valence-corrected chi connectivity index (χ0v) is 20.9. The summed E-state index contributed by atoms with van der Waals surface area (Å²) in [6, 6.07) is 4.27. The van der Waals surface area contributed by atoms with Crippen molar-refractivity contribution in [3.63, 3.8) is 0 Å². The molecule has 1 aromatic rings. The highest BCUT2D eigenvalue weighted by molar-refractivity contribution is 7.86. The van der Waals surface area contributed by atoms with Gasteiger partial charge in [0.1, 0.15) is 0 Å². The molecular weight excluding hydrogens is 429 g/mol. The predicted octanol–water partition coefficient (Wildman–Crippen LogP) is 6.30. The highest BCUT2D eigenvalue weighted by Crippen LogP contribution is 2.38. The van der Waals surface area contributed by atoms with Crippen molar-refractivity contribution < 1.29 is 30.9 Å². The van der Waals surface area contributed by atoms with E-state index in [0.717, 1.165) is 16.7 Å². The fourth-order valence-corrected chi connectivity index (χ4v) is 3.73. The van der Waals surface area contributed by atoms with Gasteiger partial charge in [-0.2, -0.15) is 17.2 Å². The highest BCUT2D eigenvalue weighted by Gasteiger charge is 2.52. The molecule has 0 amide bonds. The fourth-order valence-electron chi connectivity index (χ4n) is 3.29. The van der Waals surface area contributed by atoms with Crippen molar-refractivity contribution in [3.8, 4) is 0 Å². The van der Waals surface area contributed by atoms with E-state index >= 15 is 0 Å². The first-order valence-electron chi connectivity index (χ1n) is 10.3. The summed E-state index contributed by atoms with van der Waals surface area (Å²) in [5.74, 6) is 0. The van der Waals surface area contributed by atoms with Gasteiger partial charge in [0.15, 0.2) is 6.17 Å². The lowest BCUT2D eigenvalue weighted by molar-refractivity contribution is -0.0205. The van der Waals surface area contributed by atoms with E-state index in [-0.39, 0.29) is 22.9 Å². The molecule has 1 aromatic carbocycles. The van der Waals surface area contributed by atoms with Crippen molar-refractivity contribution in [2.45, 2.75) is 103 Å². The summed E-state index contributed by atoms with van der Waals surface area (Å²) in [6.45, 7) is 18.5. The lowest BCUT2D eigenvalue weighted by Gasteiger charge is -2.33. The Hall–Kier alpha value is -1.12. The normalized spacial score (nSPS) is 15.3. The number of hydrogen-bond donors (Lipinski definition) is 1. The molecule has 0 aliphatic heterocycles. The second-order valence-corrected chi connectivity index (χ2v) is 12.6. The van der Waals surface area contributed by atoms with E-state index in [1.807, 2.05) is 0 Å². The van der Waals surface area contributed by atoms with Gasteiger partial charge in [-0.05, 0) is 38.5 Å². The molecular formula is C23H37F3O4S. The molecule has 0 saturated heterocycles. The van der Waals surface area contributed by atoms with E-state index in [9.17, 15) is 21.6 Å². The summed E-state index contributed by atoms with van der Waals surface area (Å²) in [7, 11) is -5.83. The average molecular weight is 467 g/mol. The van der Waals surface area contributed by atoms with Crippen LogP contribution < -0.4 is 0 Å². The molecule has 0 saturated carbocycles. The van der Waals surface area contributed by atoms with Gasteiger partial charge in [-0.15, -0.1) is 0 Å². The van der Waals surface area contributed by atoms with Crippen LogP contribution in [0.2, 0.25) is 0 Å². The number of halogens is 3. The van der Waals surface area contributed by atoms with Crippen LogP contribution >= 0.6 is 0 Å². The smallest absolute Gasteiger partial charge is 0.377 e. The van der Waals surface area contributed by atoms with Crippen LogP contribution in [0.25, 0.3) is 0 Å². The van der Waals surface area contributed by atoms with Gasteiger partial charge in [-0.3, -0.25) is 4.55 Å². The molecule has 0 aliphatic rings. The second kappa shape index (κ2) is 9.02. The fraction of sp³-hybridized carbons (Fsp3) is 0.739. The zero-order chi connectivity index (χ0) is 24.6. The summed E-state index contributed by atoms with van der Waals surface area (Å²) < 4.78 is 76.0. The van der Waals surface area contributed by atoms with Crippen LogP contribution in [0.5, 0.6) is 0 Å². The Morgan fingerprint density at radius 1 is 0.903 bits per heavy atom. The van der Waals surface area contributed by atoms with Gasteiger partial charge in [-0.1, -0.05) is 74.4 Å². The topological polar surface area (TPSA) is 63.6 Å². The minimum Gasteiger partial charge on any atom is -0.377 e. The monoisotopic (exact) mass is 466 g/mol. The predicted molar refractivity (Wildman–Crippen MR) is 118 cm³/mol. The quantitative estimate of drug-likeness (QED) is 0.378. The van der Waals surface area contributed by atoms with Crippen molar-refractivity contribution in [2.24, 2.45) is 0 Å². The Morgan fingerprint density at radius 2 is 1.32 bits per heavy atom. The first-order valence-corrected chi connectivity index (χ1v) is 11.8. The van der Waals surface area contributed by atoms with Crippen molar-refractivity contribution in [3.05, 3.63) is 34.4 Å². The maximum atomic E-state index is 13.8. The standard InChI is InChI=1S/C23H37F3O4S/c1-20(2,3)15-12-17(21(4,5)6)16(18(13-15)22(7,8)9)14-30-11-10-19(24)23(25,26)31(27,28)29/h12-13,19H,10-11,14H2,1-9H3,(H,27,28,29). The van der Waals surface area contributed by atoms with Crippen molar-refractivity contribution >= 4 is 10.1 Å². The molecule has 31 heavy (non-hydrogen) atoms. The molecule has 0 heterocycles. The first kappa shape index (κ1) is 27.9. The Bertz CT molecular complexity index is 839. The molecule has 0 aliphatic carbocycles. The van der Waals surface area contributed by atoms with Gasteiger partial charge in [0.05, 0.1) is 13.2 Å². The SMILES string of the molecule is CC(C)(C)c1cc(C(C)(C)C)c(COCCC(F)C(F)(F)S(=O)(=O)O)c(C(C)(C)C)c1. The van der Waals surface area contributed by atoms with Gasteiger partial charge in [-0.25, -0.2) is 4.39 Å². The van der Waals surface area contributed by atoms with Gasteiger partial charge in [0.2, 0.25) is 0 Å². The van der Waals surface area contributed by atoms with Crippen LogP contribution in [0, 0.1) is 0 Å². The van der Waals surface area contributed by atoms with Gasteiger partial charge < -0.3 is 4.74 Å². The third kappa shape index (κ3) is 6.93. The number of hydrogen-bond acceptors (Lipinski definition) is 3. The van der Waals surface area contributed by atoms with Crippen molar-refractivity contribution in [1.82, 2.24) is 0 Å². The third-order valence-corrected chi connectivity index (χ3v) is 6.15. The van der Waals surface area contributed by atoms with E-state index in [1.165, 1.54) is 5.56 Å². The Kier molecular flexibility index (Phi) is 8.12. The number of ether oxygens (including phenoxy) is 1. The number of benzene rings is 1. The lowest BCUT2D eigenvalue weighted by atomic mass is 9.72. The average Bonchev–Trinajstić information content (AvgIpc) is 2.54. The van der Waals surface area contributed by atoms with E-state index < -0.39 is 34.6 Å². The van der Waals surface area contributed by atoms with Crippen LogP contribution in [0.4, 0.5) is 13.2 Å². The molecule has 0 aromatic heterocycles. The largest absolute Gasteiger partial charge is 0.400 e. The molecule has 1 unspecified atom stereocenters. The van der Waals surface area contributed by atoms with Crippen LogP contribution in [-0.2, 0) is 37.7 Å². The van der Waals surface area contributed by atoms with E-state index in [4.69, 9.17) is 9.29 Å². The van der Waals surface area contributed by atoms with E-state index in [1.54, 1.807) is 0 Å². The Labute approximate surface area is 185 Å². The zero-order valence-electron chi connectivity index (χ0n) is 20.1. The first-order chi connectivity index (χ1) is 13.6. The van der Waals surface area contributed by atoms with Crippen LogP contribution in [0.1, 0.15) is 91.0 Å². The summed E-state index contributed by atoms with van der Waals surface area (Å²) >= 11 is 0. The lowest BCUT2D eigenvalue weighted by Crippen LogP contribution is -2.39. The summed E-state index contributed by atoms with van der Waals surface area (Å²) in [5, 5.41) is -4.86. The molecule has 1 N–H and O–H groups in total. The van der Waals surface area contributed by atoms with Crippen molar-refractivity contribution in [1.29, 1.82) is 0 Å². The minimum absolute atomic E-state index is 0.0772. The molecule has 8 heteroatoms.